The standard InChI is InChI=1S/C20H22N2O/c1-4-8-18-14(2)21-22(15(18)3)20(23)13-17-11-7-10-16-9-5-6-12-19(16)17/h5-7,9-12H,4,8,13H2,1-3H3. The number of hydrogen-bond acceptors (Lipinski definition) is 2. The largest absolute Gasteiger partial charge is 0.272 e. The average molecular weight is 306 g/mol. The Balaban J connectivity index is 1.94. The number of fused-ring (bicyclic) bond motifs is 1. The lowest BCUT2D eigenvalue weighted by atomic mass is 10.0. The van der Waals surface area contributed by atoms with E-state index >= 15 is 0 Å². The molecule has 0 saturated carbocycles. The molecular formula is C20H22N2O. The molecule has 3 nitrogen and oxygen atoms in total. The first-order chi connectivity index (χ1) is 11.1. The summed E-state index contributed by atoms with van der Waals surface area (Å²) in [5, 5.41) is 6.77. The fourth-order valence-electron chi connectivity index (χ4n) is 3.21. The predicted octanol–water partition coefficient (Wildman–Crippen LogP) is 4.49. The third-order valence-electron chi connectivity index (χ3n) is 4.40. The molecule has 0 aliphatic carbocycles. The Kier molecular flexibility index (Phi) is 4.28. The third-order valence-corrected chi connectivity index (χ3v) is 4.40. The summed E-state index contributed by atoms with van der Waals surface area (Å²) in [4.78, 5) is 12.7. The third kappa shape index (κ3) is 2.91. The number of hydrogen-bond donors (Lipinski definition) is 0. The molecule has 3 aromatic rings. The van der Waals surface area contributed by atoms with Gasteiger partial charge < -0.3 is 0 Å². The number of carbonyl (C=O) groups excluding carboxylic acids is 1. The Morgan fingerprint density at radius 3 is 2.61 bits per heavy atom. The van der Waals surface area contributed by atoms with E-state index in [1.165, 1.54) is 5.56 Å². The van der Waals surface area contributed by atoms with Gasteiger partial charge in [-0.1, -0.05) is 55.8 Å². The first kappa shape index (κ1) is 15.5. The van der Waals surface area contributed by atoms with Gasteiger partial charge in [0, 0.05) is 5.69 Å². The van der Waals surface area contributed by atoms with E-state index in [2.05, 4.69) is 30.2 Å². The minimum Gasteiger partial charge on any atom is -0.272 e. The van der Waals surface area contributed by atoms with Crippen LogP contribution < -0.4 is 0 Å². The van der Waals surface area contributed by atoms with Crippen molar-refractivity contribution in [2.24, 2.45) is 0 Å². The molecule has 0 bridgehead atoms. The first-order valence-corrected chi connectivity index (χ1v) is 8.16. The van der Waals surface area contributed by atoms with Gasteiger partial charge in [0.25, 0.3) is 5.91 Å². The van der Waals surface area contributed by atoms with Crippen LogP contribution in [0.1, 0.15) is 40.7 Å². The van der Waals surface area contributed by atoms with Crippen molar-refractivity contribution in [1.82, 2.24) is 9.78 Å². The molecule has 1 heterocycles. The second-order valence-corrected chi connectivity index (χ2v) is 6.02. The van der Waals surface area contributed by atoms with E-state index in [1.807, 2.05) is 38.1 Å². The van der Waals surface area contributed by atoms with Crippen LogP contribution in [0.5, 0.6) is 0 Å². The van der Waals surface area contributed by atoms with Gasteiger partial charge in [-0.15, -0.1) is 0 Å². The highest BCUT2D eigenvalue weighted by Crippen LogP contribution is 2.20. The molecular weight excluding hydrogens is 284 g/mol. The molecule has 0 atom stereocenters. The minimum absolute atomic E-state index is 0.0318. The lowest BCUT2D eigenvalue weighted by Gasteiger charge is -2.07. The molecule has 0 radical (unpaired) electrons. The summed E-state index contributed by atoms with van der Waals surface area (Å²) in [6, 6.07) is 14.3. The second-order valence-electron chi connectivity index (χ2n) is 6.02. The normalized spacial score (nSPS) is 11.1. The highest BCUT2D eigenvalue weighted by Gasteiger charge is 2.17. The van der Waals surface area contributed by atoms with E-state index < -0.39 is 0 Å². The van der Waals surface area contributed by atoms with E-state index in [4.69, 9.17) is 0 Å². The number of rotatable bonds is 4. The van der Waals surface area contributed by atoms with E-state index in [-0.39, 0.29) is 5.91 Å². The molecule has 0 saturated heterocycles. The zero-order valence-electron chi connectivity index (χ0n) is 14.0. The van der Waals surface area contributed by atoms with Gasteiger partial charge in [-0.3, -0.25) is 4.79 Å². The van der Waals surface area contributed by atoms with Crippen molar-refractivity contribution in [3.63, 3.8) is 0 Å². The maximum absolute atomic E-state index is 12.7. The van der Waals surface area contributed by atoms with E-state index in [9.17, 15) is 4.79 Å². The van der Waals surface area contributed by atoms with Gasteiger partial charge in [-0.25, -0.2) is 4.68 Å². The zero-order chi connectivity index (χ0) is 16.4. The molecule has 0 aliphatic heterocycles. The van der Waals surface area contributed by atoms with Crippen molar-refractivity contribution in [2.45, 2.75) is 40.0 Å². The summed E-state index contributed by atoms with van der Waals surface area (Å²) in [6.45, 7) is 6.12. The first-order valence-electron chi connectivity index (χ1n) is 8.16. The van der Waals surface area contributed by atoms with E-state index in [1.54, 1.807) is 4.68 Å². The molecule has 3 rings (SSSR count). The monoisotopic (exact) mass is 306 g/mol. The van der Waals surface area contributed by atoms with Crippen molar-refractivity contribution in [3.8, 4) is 0 Å². The highest BCUT2D eigenvalue weighted by atomic mass is 16.2. The number of aromatic nitrogens is 2. The maximum Gasteiger partial charge on any atom is 0.251 e. The Labute approximate surface area is 136 Å². The topological polar surface area (TPSA) is 34.9 Å². The highest BCUT2D eigenvalue weighted by molar-refractivity contribution is 5.91. The summed E-state index contributed by atoms with van der Waals surface area (Å²) in [6.07, 6.45) is 2.40. The summed E-state index contributed by atoms with van der Waals surface area (Å²) >= 11 is 0. The lowest BCUT2D eigenvalue weighted by Crippen LogP contribution is -2.17. The predicted molar refractivity (Wildman–Crippen MR) is 94.0 cm³/mol. The van der Waals surface area contributed by atoms with Gasteiger partial charge in [-0.2, -0.15) is 5.10 Å². The number of aryl methyl sites for hydroxylation is 1. The molecule has 0 amide bonds. The zero-order valence-corrected chi connectivity index (χ0v) is 14.0. The molecule has 1 aromatic heterocycles. The second kappa shape index (κ2) is 6.37. The Morgan fingerprint density at radius 1 is 1.09 bits per heavy atom. The molecule has 2 aromatic carbocycles. The Hall–Kier alpha value is -2.42. The van der Waals surface area contributed by atoms with Crippen LogP contribution >= 0.6 is 0 Å². The van der Waals surface area contributed by atoms with Crippen LogP contribution in [-0.2, 0) is 12.8 Å². The van der Waals surface area contributed by atoms with Crippen LogP contribution in [0.3, 0.4) is 0 Å². The number of carbonyl (C=O) groups is 1. The van der Waals surface area contributed by atoms with Gasteiger partial charge >= 0.3 is 0 Å². The van der Waals surface area contributed by atoms with Crippen molar-refractivity contribution in [1.29, 1.82) is 0 Å². The summed E-state index contributed by atoms with van der Waals surface area (Å²) in [7, 11) is 0. The minimum atomic E-state index is 0.0318. The summed E-state index contributed by atoms with van der Waals surface area (Å²) < 4.78 is 1.59. The van der Waals surface area contributed by atoms with E-state index in [0.29, 0.717) is 6.42 Å². The SMILES string of the molecule is CCCc1c(C)nn(C(=O)Cc2cccc3ccccc23)c1C. The molecule has 23 heavy (non-hydrogen) atoms. The van der Waals surface area contributed by atoms with Gasteiger partial charge in [0.2, 0.25) is 0 Å². The van der Waals surface area contributed by atoms with Crippen LogP contribution in [-0.4, -0.2) is 15.7 Å². The number of benzene rings is 2. The Morgan fingerprint density at radius 2 is 1.83 bits per heavy atom. The van der Waals surface area contributed by atoms with Crippen molar-refractivity contribution >= 4 is 16.7 Å². The lowest BCUT2D eigenvalue weighted by molar-refractivity contribution is 0.0896. The van der Waals surface area contributed by atoms with Gasteiger partial charge in [0.15, 0.2) is 0 Å². The van der Waals surface area contributed by atoms with E-state index in [0.717, 1.165) is 40.6 Å². The summed E-state index contributed by atoms with van der Waals surface area (Å²) in [5.41, 5.74) is 4.21. The molecule has 0 N–H and O–H groups in total. The van der Waals surface area contributed by atoms with Crippen LogP contribution in [0.15, 0.2) is 42.5 Å². The fraction of sp³-hybridized carbons (Fsp3) is 0.300. The molecule has 0 fully saturated rings. The molecule has 118 valence electrons. The number of nitrogens with zero attached hydrogens (tertiary/aromatic N) is 2. The fourth-order valence-corrected chi connectivity index (χ4v) is 3.21. The van der Waals surface area contributed by atoms with Crippen LogP contribution in [0.25, 0.3) is 10.8 Å². The van der Waals surface area contributed by atoms with Crippen LogP contribution in [0, 0.1) is 13.8 Å². The van der Waals surface area contributed by atoms with Gasteiger partial charge in [-0.05, 0) is 42.2 Å². The van der Waals surface area contributed by atoms with Crippen LogP contribution in [0.4, 0.5) is 0 Å². The quantitative estimate of drug-likeness (QED) is 0.712. The van der Waals surface area contributed by atoms with Crippen molar-refractivity contribution in [3.05, 3.63) is 65.0 Å². The van der Waals surface area contributed by atoms with Gasteiger partial charge in [0.05, 0.1) is 12.1 Å². The molecule has 0 spiro atoms. The molecule has 3 heteroatoms. The van der Waals surface area contributed by atoms with Crippen molar-refractivity contribution in [2.75, 3.05) is 0 Å². The smallest absolute Gasteiger partial charge is 0.251 e. The van der Waals surface area contributed by atoms with Crippen LogP contribution in [0.2, 0.25) is 0 Å². The molecule has 0 aliphatic rings. The molecule has 0 unspecified atom stereocenters. The maximum atomic E-state index is 12.7. The Bertz CT molecular complexity index is 856. The average Bonchev–Trinajstić information content (AvgIpc) is 2.84. The van der Waals surface area contributed by atoms with Gasteiger partial charge in [0.1, 0.15) is 0 Å². The summed E-state index contributed by atoms with van der Waals surface area (Å²) in [5.74, 6) is 0.0318. The van der Waals surface area contributed by atoms with Crippen molar-refractivity contribution < 1.29 is 4.79 Å².